The molecule has 0 aromatic heterocycles. The number of halogens is 1. The van der Waals surface area contributed by atoms with Crippen molar-refractivity contribution in [1.29, 1.82) is 0 Å². The highest BCUT2D eigenvalue weighted by atomic mass is 127. The average Bonchev–Trinajstić information content (AvgIpc) is 2.50. The van der Waals surface area contributed by atoms with Crippen molar-refractivity contribution in [2.24, 2.45) is 16.0 Å². The van der Waals surface area contributed by atoms with Crippen LogP contribution in [0.25, 0.3) is 0 Å². The minimum atomic E-state index is -3.47. The predicted molar refractivity (Wildman–Crippen MR) is 113 cm³/mol. The minimum absolute atomic E-state index is 0. The molecule has 0 aliphatic carbocycles. The lowest BCUT2D eigenvalue weighted by atomic mass is 10.0. The van der Waals surface area contributed by atoms with Gasteiger partial charge in [-0.25, -0.2) is 13.6 Å². The van der Waals surface area contributed by atoms with E-state index in [1.165, 1.54) is 0 Å². The number of guanidine groups is 1. The van der Waals surface area contributed by atoms with Gasteiger partial charge >= 0.3 is 0 Å². The molecule has 0 amide bonds. The minimum Gasteiger partial charge on any atom is -0.379 e. The molecule has 10 heteroatoms. The van der Waals surface area contributed by atoms with E-state index in [4.69, 9.17) is 9.88 Å². The number of rotatable bonds is 9. The molecule has 1 unspecified atom stereocenters. The third-order valence-corrected chi connectivity index (χ3v) is 4.56. The molecular weight excluding hydrogens is 457 g/mol. The molecule has 4 N–H and O–H groups in total. The Morgan fingerprint density at radius 3 is 2.44 bits per heavy atom. The Kier molecular flexibility index (Phi) is 13.0. The molecule has 1 saturated heterocycles. The highest BCUT2D eigenvalue weighted by Gasteiger charge is 2.21. The summed E-state index contributed by atoms with van der Waals surface area (Å²) in [6.45, 7) is 11.4. The SMILES string of the molecule is CCNC(=NCC(CC(C)C)N1CCOCC1)NCCS(N)(=O)=O.I. The van der Waals surface area contributed by atoms with Crippen molar-refractivity contribution in [1.82, 2.24) is 15.5 Å². The number of nitrogens with one attached hydrogen (secondary N) is 2. The molecule has 8 nitrogen and oxygen atoms in total. The van der Waals surface area contributed by atoms with Gasteiger partial charge in [-0.2, -0.15) is 0 Å². The molecule has 1 atom stereocenters. The average molecular weight is 491 g/mol. The topological polar surface area (TPSA) is 109 Å². The Bertz CT molecular complexity index is 482. The van der Waals surface area contributed by atoms with Crippen molar-refractivity contribution in [3.8, 4) is 0 Å². The lowest BCUT2D eigenvalue weighted by molar-refractivity contribution is 0.0143. The van der Waals surface area contributed by atoms with E-state index in [0.717, 1.165) is 32.7 Å². The van der Waals surface area contributed by atoms with E-state index in [1.807, 2.05) is 6.92 Å². The van der Waals surface area contributed by atoms with Crippen LogP contribution >= 0.6 is 24.0 Å². The number of ether oxygens (including phenoxy) is 1. The summed E-state index contributed by atoms with van der Waals surface area (Å²) in [5.41, 5.74) is 0. The maximum absolute atomic E-state index is 11.0. The summed E-state index contributed by atoms with van der Waals surface area (Å²) in [5.74, 6) is 1.10. The molecule has 0 bridgehead atoms. The maximum Gasteiger partial charge on any atom is 0.210 e. The van der Waals surface area contributed by atoms with Crippen LogP contribution in [0.1, 0.15) is 27.2 Å². The van der Waals surface area contributed by atoms with Crippen LogP contribution in [-0.4, -0.2) is 77.0 Å². The number of primary sulfonamides is 1. The van der Waals surface area contributed by atoms with Gasteiger partial charge in [0.05, 0.1) is 25.5 Å². The lowest BCUT2D eigenvalue weighted by Gasteiger charge is -2.34. The number of morpholine rings is 1. The molecule has 1 fully saturated rings. The van der Waals surface area contributed by atoms with E-state index in [-0.39, 0.29) is 36.3 Å². The standard InChI is InChI=1S/C15H33N5O3S.HI/c1-4-17-15(18-5-10-24(16,21)22)19-12-14(11-13(2)3)20-6-8-23-9-7-20;/h13-14H,4-12H2,1-3H3,(H2,16,21,22)(H2,17,18,19);1H. The molecule has 1 aliphatic rings. The fourth-order valence-electron chi connectivity index (χ4n) is 2.68. The van der Waals surface area contributed by atoms with Crippen LogP contribution in [0.4, 0.5) is 0 Å². The quantitative estimate of drug-likeness (QED) is 0.242. The smallest absolute Gasteiger partial charge is 0.210 e. The number of nitrogens with zero attached hydrogens (tertiary/aromatic N) is 2. The molecule has 0 aromatic carbocycles. The van der Waals surface area contributed by atoms with Gasteiger partial charge in [-0.3, -0.25) is 9.89 Å². The van der Waals surface area contributed by atoms with E-state index in [9.17, 15) is 8.42 Å². The fourth-order valence-corrected chi connectivity index (χ4v) is 3.06. The number of hydrogen-bond donors (Lipinski definition) is 3. The predicted octanol–water partition coefficient (Wildman–Crippen LogP) is 0.195. The van der Waals surface area contributed by atoms with Crippen LogP contribution in [0.15, 0.2) is 4.99 Å². The summed E-state index contributed by atoms with van der Waals surface area (Å²) in [6, 6.07) is 0.364. The van der Waals surface area contributed by atoms with Gasteiger partial charge in [0.2, 0.25) is 10.0 Å². The van der Waals surface area contributed by atoms with Gasteiger partial charge in [0.15, 0.2) is 5.96 Å². The Labute approximate surface area is 169 Å². The van der Waals surface area contributed by atoms with Gasteiger partial charge in [-0.05, 0) is 19.3 Å². The monoisotopic (exact) mass is 491 g/mol. The van der Waals surface area contributed by atoms with E-state index < -0.39 is 10.0 Å². The Balaban J connectivity index is 0.00000576. The van der Waals surface area contributed by atoms with Crippen LogP contribution in [0.2, 0.25) is 0 Å². The molecule has 0 radical (unpaired) electrons. The van der Waals surface area contributed by atoms with Crippen molar-refractivity contribution in [3.63, 3.8) is 0 Å². The van der Waals surface area contributed by atoms with Crippen LogP contribution in [0.5, 0.6) is 0 Å². The van der Waals surface area contributed by atoms with E-state index in [0.29, 0.717) is 31.0 Å². The third-order valence-electron chi connectivity index (χ3n) is 3.79. The van der Waals surface area contributed by atoms with Crippen LogP contribution in [0, 0.1) is 5.92 Å². The second kappa shape index (κ2) is 13.1. The van der Waals surface area contributed by atoms with Crippen molar-refractivity contribution >= 4 is 40.0 Å². The first-order valence-electron chi connectivity index (χ1n) is 8.66. The van der Waals surface area contributed by atoms with E-state index >= 15 is 0 Å². The molecule has 1 aliphatic heterocycles. The number of nitrogens with two attached hydrogens (primary N) is 1. The van der Waals surface area contributed by atoms with Gasteiger partial charge in [0, 0.05) is 32.2 Å². The normalized spacial score (nSPS) is 17.9. The molecule has 0 spiro atoms. The molecule has 25 heavy (non-hydrogen) atoms. The Morgan fingerprint density at radius 1 is 1.28 bits per heavy atom. The molecule has 1 heterocycles. The second-order valence-electron chi connectivity index (χ2n) is 6.45. The summed E-state index contributed by atoms with van der Waals surface area (Å²) in [4.78, 5) is 7.07. The Hall–Kier alpha value is -0.170. The van der Waals surface area contributed by atoms with Crippen molar-refractivity contribution in [2.45, 2.75) is 33.2 Å². The lowest BCUT2D eigenvalue weighted by Crippen LogP contribution is -2.46. The molecule has 1 rings (SSSR count). The zero-order valence-electron chi connectivity index (χ0n) is 15.5. The van der Waals surface area contributed by atoms with Crippen molar-refractivity contribution in [2.75, 3.05) is 51.7 Å². The zero-order chi connectivity index (χ0) is 18.0. The number of aliphatic imine (C=N–C) groups is 1. The highest BCUT2D eigenvalue weighted by molar-refractivity contribution is 14.0. The summed E-state index contributed by atoms with van der Waals surface area (Å²) >= 11 is 0. The van der Waals surface area contributed by atoms with Crippen LogP contribution in [-0.2, 0) is 14.8 Å². The second-order valence-corrected chi connectivity index (χ2v) is 8.18. The summed E-state index contributed by atoms with van der Waals surface area (Å²) in [5, 5.41) is 11.2. The summed E-state index contributed by atoms with van der Waals surface area (Å²) in [6.07, 6.45) is 1.07. The molecular formula is C15H34IN5O3S. The van der Waals surface area contributed by atoms with E-state index in [1.54, 1.807) is 0 Å². The third kappa shape index (κ3) is 11.9. The summed E-state index contributed by atoms with van der Waals surface area (Å²) in [7, 11) is -3.47. The van der Waals surface area contributed by atoms with Crippen LogP contribution in [0.3, 0.4) is 0 Å². The van der Waals surface area contributed by atoms with Gasteiger partial charge in [-0.1, -0.05) is 13.8 Å². The summed E-state index contributed by atoms with van der Waals surface area (Å²) < 4.78 is 27.5. The first kappa shape index (κ1) is 24.8. The molecule has 0 aromatic rings. The van der Waals surface area contributed by atoms with Crippen molar-refractivity contribution in [3.05, 3.63) is 0 Å². The van der Waals surface area contributed by atoms with Crippen LogP contribution < -0.4 is 15.8 Å². The first-order chi connectivity index (χ1) is 11.3. The number of hydrogen-bond acceptors (Lipinski definition) is 5. The van der Waals surface area contributed by atoms with Gasteiger partial charge in [0.25, 0.3) is 0 Å². The van der Waals surface area contributed by atoms with E-state index in [2.05, 4.69) is 34.4 Å². The number of sulfonamides is 1. The first-order valence-corrected chi connectivity index (χ1v) is 10.4. The van der Waals surface area contributed by atoms with Crippen molar-refractivity contribution < 1.29 is 13.2 Å². The molecule has 0 saturated carbocycles. The fraction of sp³-hybridized carbons (Fsp3) is 0.933. The highest BCUT2D eigenvalue weighted by Crippen LogP contribution is 2.14. The van der Waals surface area contributed by atoms with Gasteiger partial charge < -0.3 is 15.4 Å². The Morgan fingerprint density at radius 2 is 1.92 bits per heavy atom. The molecule has 150 valence electrons. The largest absolute Gasteiger partial charge is 0.379 e. The van der Waals surface area contributed by atoms with Gasteiger partial charge in [0.1, 0.15) is 0 Å². The maximum atomic E-state index is 11.0. The van der Waals surface area contributed by atoms with Gasteiger partial charge in [-0.15, -0.1) is 24.0 Å². The zero-order valence-corrected chi connectivity index (χ0v) is 18.7.